The zero-order valence-electron chi connectivity index (χ0n) is 28.3. The molecule has 0 aromatic heterocycles. The normalized spacial score (nSPS) is 20.5. The Morgan fingerprint density at radius 1 is 0.898 bits per heavy atom. The molecule has 3 amide bonds. The van der Waals surface area contributed by atoms with Crippen LogP contribution in [0.2, 0.25) is 5.02 Å². The Kier molecular flexibility index (Phi) is 10.0. The van der Waals surface area contributed by atoms with Gasteiger partial charge in [-0.2, -0.15) is 0 Å². The van der Waals surface area contributed by atoms with Gasteiger partial charge in [-0.05, 0) is 36.4 Å². The number of hydrogen-bond acceptors (Lipinski definition) is 10. The van der Waals surface area contributed by atoms with Crippen LogP contribution in [-0.2, 0) is 29.9 Å². The molecule has 0 spiro atoms. The summed E-state index contributed by atoms with van der Waals surface area (Å²) < 4.78 is 52.6. The molecule has 2 aliphatic rings. The number of nitrogens with zero attached hydrogens (tertiary/aromatic N) is 4. The second-order valence-corrected chi connectivity index (χ2v) is 14.3. The fraction of sp³-hybridized carbons (Fsp3) is 0.382. The smallest absolute Gasteiger partial charge is 0.409 e. The average Bonchev–Trinajstić information content (AvgIpc) is 3.58. The summed E-state index contributed by atoms with van der Waals surface area (Å²) >= 11 is 6.62. The van der Waals surface area contributed by atoms with Gasteiger partial charge >= 0.3 is 6.09 Å². The zero-order chi connectivity index (χ0) is 35.8. The van der Waals surface area contributed by atoms with Crippen LogP contribution < -0.4 is 18.5 Å². The van der Waals surface area contributed by atoms with Crippen LogP contribution in [0.25, 0.3) is 0 Å². The fourth-order valence-corrected chi connectivity index (χ4v) is 8.28. The van der Waals surface area contributed by atoms with E-state index in [4.69, 9.17) is 30.5 Å². The molecule has 2 heterocycles. The molecule has 3 aromatic carbocycles. The van der Waals surface area contributed by atoms with Crippen LogP contribution in [0.1, 0.15) is 24.0 Å². The van der Waals surface area contributed by atoms with Crippen molar-refractivity contribution in [1.82, 2.24) is 14.7 Å². The number of sulfonamides is 1. The number of rotatable bonds is 10. The Balaban J connectivity index is 1.82. The first-order valence-electron chi connectivity index (χ1n) is 15.3. The second-order valence-electron chi connectivity index (χ2n) is 12.1. The fourth-order valence-electron chi connectivity index (χ4n) is 6.50. The van der Waals surface area contributed by atoms with E-state index >= 15 is 4.79 Å². The minimum Gasteiger partial charge on any atom is -0.497 e. The van der Waals surface area contributed by atoms with Crippen LogP contribution >= 0.6 is 11.6 Å². The molecule has 49 heavy (non-hydrogen) atoms. The molecule has 13 nitrogen and oxygen atoms in total. The number of hydrogen-bond donors (Lipinski definition) is 0. The average molecular weight is 715 g/mol. The van der Waals surface area contributed by atoms with Crippen LogP contribution in [0, 0.1) is 0 Å². The first-order valence-corrected chi connectivity index (χ1v) is 17.1. The van der Waals surface area contributed by atoms with Crippen molar-refractivity contribution in [1.29, 1.82) is 0 Å². The van der Waals surface area contributed by atoms with Crippen molar-refractivity contribution in [3.05, 3.63) is 76.8 Å². The van der Waals surface area contributed by atoms with Crippen LogP contribution in [0.4, 0.5) is 10.5 Å². The van der Waals surface area contributed by atoms with E-state index in [1.165, 1.54) is 61.5 Å². The first-order chi connectivity index (χ1) is 23.2. The Morgan fingerprint density at radius 2 is 1.59 bits per heavy atom. The predicted octanol–water partition coefficient (Wildman–Crippen LogP) is 3.96. The van der Waals surface area contributed by atoms with Crippen LogP contribution in [-0.4, -0.2) is 109 Å². The van der Waals surface area contributed by atoms with E-state index in [1.54, 1.807) is 63.4 Å². The summed E-state index contributed by atoms with van der Waals surface area (Å²) in [7, 11) is 5.85. The number of carbonyl (C=O) groups is 3. The monoisotopic (exact) mass is 714 g/mol. The largest absolute Gasteiger partial charge is 0.497 e. The highest BCUT2D eigenvalue weighted by Crippen LogP contribution is 2.55. The SMILES string of the molecule is COc1ccc(S(=O)(=O)N2C(=O)[C@@](c3ccccc3OC)(N3C[C@H](OC(=O)N(C)C)C[C@H]3CC(=O)N(C)C)c3cc(Cl)ccc32)c(OC)c1. The van der Waals surface area contributed by atoms with Crippen molar-refractivity contribution in [2.75, 3.05) is 60.4 Å². The Bertz CT molecular complexity index is 1890. The molecule has 1 fully saturated rings. The maximum atomic E-state index is 15.5. The topological polar surface area (TPSA) is 135 Å². The summed E-state index contributed by atoms with van der Waals surface area (Å²) in [6, 6.07) is 14.8. The van der Waals surface area contributed by atoms with Gasteiger partial charge in [-0.3, -0.25) is 14.5 Å². The molecule has 5 rings (SSSR count). The number of amides is 3. The number of halogens is 1. The van der Waals surface area contributed by atoms with Gasteiger partial charge in [-0.1, -0.05) is 29.8 Å². The Labute approximate surface area is 290 Å². The molecule has 0 radical (unpaired) electrons. The molecule has 3 atom stereocenters. The summed E-state index contributed by atoms with van der Waals surface area (Å²) in [5, 5.41) is 0.239. The van der Waals surface area contributed by atoms with Gasteiger partial charge in [0.15, 0.2) is 5.54 Å². The quantitative estimate of drug-likeness (QED) is 0.304. The lowest BCUT2D eigenvalue weighted by Crippen LogP contribution is -2.57. The van der Waals surface area contributed by atoms with E-state index in [2.05, 4.69) is 0 Å². The molecule has 3 aromatic rings. The van der Waals surface area contributed by atoms with E-state index in [0.717, 1.165) is 4.31 Å². The number of likely N-dealkylation sites (tertiary alicyclic amines) is 1. The Hall–Kier alpha value is -4.53. The van der Waals surface area contributed by atoms with Crippen molar-refractivity contribution in [2.24, 2.45) is 0 Å². The number of para-hydroxylation sites is 1. The van der Waals surface area contributed by atoms with Crippen molar-refractivity contribution >= 4 is 45.2 Å². The molecular formula is C34H39ClN4O9S. The number of anilines is 1. The minimum atomic E-state index is -4.68. The zero-order valence-corrected chi connectivity index (χ0v) is 29.9. The number of benzene rings is 3. The molecule has 0 saturated carbocycles. The van der Waals surface area contributed by atoms with Gasteiger partial charge in [0.25, 0.3) is 15.9 Å². The number of methoxy groups -OCH3 is 3. The van der Waals surface area contributed by atoms with Crippen LogP contribution in [0.5, 0.6) is 17.2 Å². The van der Waals surface area contributed by atoms with Crippen molar-refractivity contribution in [3.63, 3.8) is 0 Å². The summed E-state index contributed by atoms with van der Waals surface area (Å²) in [5.41, 5.74) is -1.32. The summed E-state index contributed by atoms with van der Waals surface area (Å²) in [6.45, 7) is -0.0273. The molecule has 0 unspecified atom stereocenters. The molecule has 0 bridgehead atoms. The van der Waals surface area contributed by atoms with E-state index in [9.17, 15) is 18.0 Å². The molecular weight excluding hydrogens is 676 g/mol. The third-order valence-electron chi connectivity index (χ3n) is 8.80. The third kappa shape index (κ3) is 6.13. The lowest BCUT2D eigenvalue weighted by atomic mass is 9.80. The van der Waals surface area contributed by atoms with E-state index in [-0.39, 0.29) is 58.0 Å². The molecule has 0 aliphatic carbocycles. The predicted molar refractivity (Wildman–Crippen MR) is 182 cm³/mol. The van der Waals surface area contributed by atoms with Gasteiger partial charge in [-0.15, -0.1) is 0 Å². The van der Waals surface area contributed by atoms with E-state index < -0.39 is 39.7 Å². The standard InChI is InChI=1S/C34H39ClN4O9S/c1-36(2)31(40)18-22-17-24(48-33(42)37(3)4)20-38(22)34(25-10-8-9-11-28(25)46-6)26-16-21(35)12-14-27(26)39(32(34)41)49(43,44)30-15-13-23(45-5)19-29(30)47-7/h8-16,19,22,24H,17-18,20H2,1-7H3/t22-,24+,34-/m0/s1. The third-order valence-corrected chi connectivity index (χ3v) is 10.8. The number of fused-ring (bicyclic) bond motifs is 1. The van der Waals surface area contributed by atoms with E-state index in [0.29, 0.717) is 11.3 Å². The van der Waals surface area contributed by atoms with Crippen molar-refractivity contribution < 1.29 is 41.7 Å². The van der Waals surface area contributed by atoms with Gasteiger partial charge in [0, 0.05) is 75.8 Å². The highest BCUT2D eigenvalue weighted by Gasteiger charge is 2.63. The lowest BCUT2D eigenvalue weighted by molar-refractivity contribution is -0.133. The molecule has 0 N–H and O–H groups in total. The van der Waals surface area contributed by atoms with Gasteiger partial charge in [0.1, 0.15) is 28.2 Å². The second kappa shape index (κ2) is 13.8. The van der Waals surface area contributed by atoms with Gasteiger partial charge in [-0.25, -0.2) is 17.5 Å². The summed E-state index contributed by atoms with van der Waals surface area (Å²) in [5.74, 6) is -0.510. The molecule has 262 valence electrons. The lowest BCUT2D eigenvalue weighted by Gasteiger charge is -2.42. The number of ether oxygens (including phenoxy) is 4. The highest BCUT2D eigenvalue weighted by molar-refractivity contribution is 7.93. The number of carbonyl (C=O) groups excluding carboxylic acids is 3. The van der Waals surface area contributed by atoms with Crippen molar-refractivity contribution in [3.8, 4) is 17.2 Å². The summed E-state index contributed by atoms with van der Waals surface area (Å²) in [6.07, 6.45) is -1.25. The Morgan fingerprint density at radius 3 is 2.22 bits per heavy atom. The maximum absolute atomic E-state index is 15.5. The van der Waals surface area contributed by atoms with Crippen LogP contribution in [0.3, 0.4) is 0 Å². The van der Waals surface area contributed by atoms with Gasteiger partial charge < -0.3 is 28.7 Å². The van der Waals surface area contributed by atoms with E-state index in [1.807, 2.05) is 0 Å². The van der Waals surface area contributed by atoms with Crippen LogP contribution in [0.15, 0.2) is 65.6 Å². The molecule has 15 heteroatoms. The maximum Gasteiger partial charge on any atom is 0.409 e. The minimum absolute atomic E-state index is 0.0273. The molecule has 2 aliphatic heterocycles. The molecule has 1 saturated heterocycles. The van der Waals surface area contributed by atoms with Gasteiger partial charge in [0.05, 0.1) is 27.0 Å². The van der Waals surface area contributed by atoms with Gasteiger partial charge in [0.2, 0.25) is 5.91 Å². The summed E-state index contributed by atoms with van der Waals surface area (Å²) in [4.78, 5) is 45.8. The first kappa shape index (κ1) is 35.8. The van der Waals surface area contributed by atoms with Crippen molar-refractivity contribution in [2.45, 2.75) is 35.4 Å². The highest BCUT2D eigenvalue weighted by atomic mass is 35.5.